The number of aliphatic hydroxyl groups is 1. The van der Waals surface area contributed by atoms with Crippen LogP contribution in [0.1, 0.15) is 11.3 Å². The lowest BCUT2D eigenvalue weighted by Gasteiger charge is -2.10. The van der Waals surface area contributed by atoms with E-state index < -0.39 is 0 Å². The van der Waals surface area contributed by atoms with Crippen molar-refractivity contribution in [3.8, 4) is 23.0 Å². The molecule has 0 aliphatic carbocycles. The molecule has 2 heterocycles. The Labute approximate surface area is 150 Å². The summed E-state index contributed by atoms with van der Waals surface area (Å²) < 4.78 is 23.6. The molecule has 7 nitrogen and oxygen atoms in total. The minimum absolute atomic E-state index is 0.0386. The van der Waals surface area contributed by atoms with Gasteiger partial charge in [0.1, 0.15) is 0 Å². The Balaban J connectivity index is 1.76. The van der Waals surface area contributed by atoms with Crippen molar-refractivity contribution in [3.05, 3.63) is 41.6 Å². The van der Waals surface area contributed by atoms with Gasteiger partial charge in [-0.05, 0) is 23.8 Å². The number of fused-ring (bicyclic) bond motifs is 2. The molecule has 1 aliphatic rings. The number of ether oxygens (including phenoxy) is 4. The standard InChI is InChI=1S/C19H20N2O5/c1-23-16-4-3-12(7-17(16)24-2)10-21-15-9-19-18(25-11-26-19)8-13(15)14(20-21)5-6-22/h3-4,7-9,22H,5-6,10-11H2,1-2H3. The fourth-order valence-corrected chi connectivity index (χ4v) is 3.19. The van der Waals surface area contributed by atoms with Crippen LogP contribution in [0.3, 0.4) is 0 Å². The molecule has 136 valence electrons. The molecule has 0 saturated carbocycles. The van der Waals surface area contributed by atoms with Crippen LogP contribution in [0.4, 0.5) is 0 Å². The molecule has 0 spiro atoms. The van der Waals surface area contributed by atoms with Crippen LogP contribution in [-0.4, -0.2) is 42.5 Å². The van der Waals surface area contributed by atoms with Crippen LogP contribution in [0.25, 0.3) is 10.9 Å². The summed E-state index contributed by atoms with van der Waals surface area (Å²) in [6.45, 7) is 0.819. The van der Waals surface area contributed by atoms with Crippen LogP contribution in [0.5, 0.6) is 23.0 Å². The van der Waals surface area contributed by atoms with Gasteiger partial charge in [0.05, 0.1) is 32.0 Å². The molecule has 0 fully saturated rings. The van der Waals surface area contributed by atoms with E-state index in [4.69, 9.17) is 18.9 Å². The summed E-state index contributed by atoms with van der Waals surface area (Å²) in [6.07, 6.45) is 0.481. The van der Waals surface area contributed by atoms with E-state index in [-0.39, 0.29) is 13.4 Å². The number of hydrogen-bond acceptors (Lipinski definition) is 6. The Bertz CT molecular complexity index is 951. The quantitative estimate of drug-likeness (QED) is 0.731. The summed E-state index contributed by atoms with van der Waals surface area (Å²) in [6, 6.07) is 9.66. The van der Waals surface area contributed by atoms with E-state index in [9.17, 15) is 5.11 Å². The van der Waals surface area contributed by atoms with Crippen molar-refractivity contribution in [2.24, 2.45) is 0 Å². The number of rotatable bonds is 6. The average molecular weight is 356 g/mol. The van der Waals surface area contributed by atoms with Crippen molar-refractivity contribution >= 4 is 10.9 Å². The SMILES string of the molecule is COc1ccc(Cn2nc(CCO)c3cc4c(cc32)OCO4)cc1OC. The molecule has 0 radical (unpaired) electrons. The third kappa shape index (κ3) is 2.80. The Morgan fingerprint density at radius 1 is 1.08 bits per heavy atom. The van der Waals surface area contributed by atoms with E-state index in [1.165, 1.54) is 0 Å². The van der Waals surface area contributed by atoms with Crippen molar-refractivity contribution in [2.45, 2.75) is 13.0 Å². The molecule has 3 aromatic rings. The maximum atomic E-state index is 9.36. The molecule has 1 aliphatic heterocycles. The van der Waals surface area contributed by atoms with Crippen LogP contribution in [0.2, 0.25) is 0 Å². The van der Waals surface area contributed by atoms with E-state index >= 15 is 0 Å². The topological polar surface area (TPSA) is 75.0 Å². The molecule has 0 saturated heterocycles. The lowest BCUT2D eigenvalue weighted by atomic mass is 10.1. The van der Waals surface area contributed by atoms with Crippen LogP contribution in [0, 0.1) is 0 Å². The third-order valence-electron chi connectivity index (χ3n) is 4.45. The fraction of sp³-hybridized carbons (Fsp3) is 0.316. The number of aromatic nitrogens is 2. The molecule has 0 bridgehead atoms. The van der Waals surface area contributed by atoms with Gasteiger partial charge in [0.2, 0.25) is 6.79 Å². The molecule has 7 heteroatoms. The summed E-state index contributed by atoms with van der Waals surface area (Å²) >= 11 is 0. The van der Waals surface area contributed by atoms with Crippen molar-refractivity contribution < 1.29 is 24.1 Å². The van der Waals surface area contributed by atoms with E-state index in [0.717, 1.165) is 22.2 Å². The zero-order valence-corrected chi connectivity index (χ0v) is 14.7. The number of benzene rings is 2. The van der Waals surface area contributed by atoms with Crippen LogP contribution in [0.15, 0.2) is 30.3 Å². The maximum absolute atomic E-state index is 9.36. The second-order valence-corrected chi connectivity index (χ2v) is 5.99. The second-order valence-electron chi connectivity index (χ2n) is 5.99. The van der Waals surface area contributed by atoms with Crippen molar-refractivity contribution in [2.75, 3.05) is 27.6 Å². The van der Waals surface area contributed by atoms with Crippen molar-refractivity contribution in [1.29, 1.82) is 0 Å². The largest absolute Gasteiger partial charge is 0.493 e. The van der Waals surface area contributed by atoms with Gasteiger partial charge in [0, 0.05) is 24.5 Å². The highest BCUT2D eigenvalue weighted by atomic mass is 16.7. The van der Waals surface area contributed by atoms with Gasteiger partial charge in [-0.25, -0.2) is 0 Å². The smallest absolute Gasteiger partial charge is 0.231 e. The van der Waals surface area contributed by atoms with E-state index in [1.807, 2.05) is 35.0 Å². The average Bonchev–Trinajstić information content (AvgIpc) is 3.25. The highest BCUT2D eigenvalue weighted by Crippen LogP contribution is 2.37. The Kier molecular flexibility index (Phi) is 4.30. The molecule has 0 amide bonds. The fourth-order valence-electron chi connectivity index (χ4n) is 3.19. The minimum atomic E-state index is 0.0386. The normalized spacial score (nSPS) is 12.6. The molecule has 1 N–H and O–H groups in total. The molecular formula is C19H20N2O5. The molecule has 26 heavy (non-hydrogen) atoms. The van der Waals surface area contributed by atoms with Gasteiger partial charge in [-0.2, -0.15) is 5.10 Å². The van der Waals surface area contributed by atoms with Gasteiger partial charge in [-0.3, -0.25) is 4.68 Å². The highest BCUT2D eigenvalue weighted by Gasteiger charge is 2.19. The summed E-state index contributed by atoms with van der Waals surface area (Å²) in [4.78, 5) is 0. The number of nitrogens with zero attached hydrogens (tertiary/aromatic N) is 2. The van der Waals surface area contributed by atoms with Gasteiger partial charge in [0.25, 0.3) is 0 Å². The predicted octanol–water partition coefficient (Wildman–Crippen LogP) is 2.37. The number of aliphatic hydroxyl groups excluding tert-OH is 1. The summed E-state index contributed by atoms with van der Waals surface area (Å²) in [7, 11) is 3.23. The first-order valence-corrected chi connectivity index (χ1v) is 8.34. The molecule has 0 unspecified atom stereocenters. The van der Waals surface area contributed by atoms with E-state index in [2.05, 4.69) is 5.10 Å². The summed E-state index contributed by atoms with van der Waals surface area (Å²) in [5, 5.41) is 15.0. The maximum Gasteiger partial charge on any atom is 0.231 e. The summed E-state index contributed by atoms with van der Waals surface area (Å²) in [5.74, 6) is 2.78. The lowest BCUT2D eigenvalue weighted by Crippen LogP contribution is -2.03. The molecule has 2 aromatic carbocycles. The van der Waals surface area contributed by atoms with Crippen LogP contribution in [-0.2, 0) is 13.0 Å². The second kappa shape index (κ2) is 6.76. The monoisotopic (exact) mass is 356 g/mol. The zero-order valence-electron chi connectivity index (χ0n) is 14.7. The molecule has 4 rings (SSSR count). The van der Waals surface area contributed by atoms with E-state index in [1.54, 1.807) is 14.2 Å². The third-order valence-corrected chi connectivity index (χ3v) is 4.45. The Hall–Kier alpha value is -2.93. The van der Waals surface area contributed by atoms with Crippen molar-refractivity contribution in [1.82, 2.24) is 9.78 Å². The predicted molar refractivity (Wildman–Crippen MR) is 95.3 cm³/mol. The van der Waals surface area contributed by atoms with E-state index in [0.29, 0.717) is 36.0 Å². The Morgan fingerprint density at radius 3 is 2.58 bits per heavy atom. The van der Waals surface area contributed by atoms with Crippen LogP contribution < -0.4 is 18.9 Å². The number of hydrogen-bond donors (Lipinski definition) is 1. The highest BCUT2D eigenvalue weighted by molar-refractivity contribution is 5.86. The lowest BCUT2D eigenvalue weighted by molar-refractivity contribution is 0.174. The minimum Gasteiger partial charge on any atom is -0.493 e. The first-order chi connectivity index (χ1) is 12.7. The first kappa shape index (κ1) is 16.5. The molecule has 0 atom stereocenters. The van der Waals surface area contributed by atoms with Gasteiger partial charge in [0.15, 0.2) is 23.0 Å². The van der Waals surface area contributed by atoms with Crippen molar-refractivity contribution in [3.63, 3.8) is 0 Å². The number of methoxy groups -OCH3 is 2. The molecular weight excluding hydrogens is 336 g/mol. The Morgan fingerprint density at radius 2 is 1.85 bits per heavy atom. The van der Waals surface area contributed by atoms with Gasteiger partial charge >= 0.3 is 0 Å². The van der Waals surface area contributed by atoms with Crippen LogP contribution >= 0.6 is 0 Å². The van der Waals surface area contributed by atoms with Gasteiger partial charge < -0.3 is 24.1 Å². The first-order valence-electron chi connectivity index (χ1n) is 8.34. The van der Waals surface area contributed by atoms with Gasteiger partial charge in [-0.15, -0.1) is 0 Å². The molecule has 1 aromatic heterocycles. The van der Waals surface area contributed by atoms with Gasteiger partial charge in [-0.1, -0.05) is 6.07 Å². The zero-order chi connectivity index (χ0) is 18.1. The summed E-state index contributed by atoms with van der Waals surface area (Å²) in [5.41, 5.74) is 2.80.